The van der Waals surface area contributed by atoms with Gasteiger partial charge in [-0.3, -0.25) is 24.2 Å². The lowest BCUT2D eigenvalue weighted by Gasteiger charge is -2.23. The highest BCUT2D eigenvalue weighted by molar-refractivity contribution is 8.26. The van der Waals surface area contributed by atoms with Gasteiger partial charge in [-0.2, -0.15) is 0 Å². The molecular formula is C28H23N3O3S2. The lowest BCUT2D eigenvalue weighted by Crippen LogP contribution is -2.35. The van der Waals surface area contributed by atoms with Crippen molar-refractivity contribution in [1.82, 2.24) is 4.90 Å². The van der Waals surface area contributed by atoms with Crippen LogP contribution in [0.25, 0.3) is 5.57 Å². The average molecular weight is 514 g/mol. The van der Waals surface area contributed by atoms with Crippen molar-refractivity contribution in [3.05, 3.63) is 100 Å². The largest absolute Gasteiger partial charge is 0.325 e. The van der Waals surface area contributed by atoms with E-state index in [-0.39, 0.29) is 35.9 Å². The quantitative estimate of drug-likeness (QED) is 0.370. The van der Waals surface area contributed by atoms with Crippen molar-refractivity contribution in [3.8, 4) is 0 Å². The number of nitrogens with one attached hydrogen (secondary N) is 1. The van der Waals surface area contributed by atoms with E-state index in [9.17, 15) is 14.4 Å². The first-order valence-corrected chi connectivity index (χ1v) is 12.7. The second-order valence-electron chi connectivity index (χ2n) is 8.66. The molecule has 1 atom stereocenters. The topological polar surface area (TPSA) is 69.7 Å². The summed E-state index contributed by atoms with van der Waals surface area (Å²) in [6.45, 7) is 3.71. The molecule has 0 bridgehead atoms. The standard InChI is InChI=1S/C28H23N3O3S2/c1-17-12-14-20(15-13-17)29-23(32)16-30-22-11-7-6-10-21(22)24(26(30)33)25-27(34)31(28(35)36-25)18(2)19-8-4-3-5-9-19/h3-15,18H,16H2,1-2H3,(H,29,32)/b25-24-. The average Bonchev–Trinajstić information content (AvgIpc) is 3.32. The van der Waals surface area contributed by atoms with Gasteiger partial charge >= 0.3 is 0 Å². The minimum absolute atomic E-state index is 0.173. The maximum Gasteiger partial charge on any atom is 0.267 e. The Hall–Kier alpha value is -3.75. The van der Waals surface area contributed by atoms with Crippen LogP contribution in [0.15, 0.2) is 83.8 Å². The molecule has 2 aliphatic rings. The number of hydrogen-bond donors (Lipinski definition) is 1. The summed E-state index contributed by atoms with van der Waals surface area (Å²) in [7, 11) is 0. The van der Waals surface area contributed by atoms with Crippen LogP contribution in [-0.4, -0.2) is 33.5 Å². The third-order valence-corrected chi connectivity index (χ3v) is 7.66. The maximum atomic E-state index is 13.6. The van der Waals surface area contributed by atoms with Crippen LogP contribution in [0.2, 0.25) is 0 Å². The van der Waals surface area contributed by atoms with Crippen LogP contribution in [0, 0.1) is 6.92 Å². The van der Waals surface area contributed by atoms with Gasteiger partial charge in [-0.25, -0.2) is 0 Å². The smallest absolute Gasteiger partial charge is 0.267 e. The van der Waals surface area contributed by atoms with Gasteiger partial charge in [0, 0.05) is 11.3 Å². The van der Waals surface area contributed by atoms with E-state index in [2.05, 4.69) is 5.32 Å². The third kappa shape index (κ3) is 4.34. The molecule has 2 heterocycles. The fourth-order valence-corrected chi connectivity index (χ4v) is 5.87. The van der Waals surface area contributed by atoms with E-state index in [1.165, 1.54) is 4.90 Å². The Kier molecular flexibility index (Phi) is 6.47. The van der Waals surface area contributed by atoms with Crippen LogP contribution in [-0.2, 0) is 14.4 Å². The van der Waals surface area contributed by atoms with Crippen molar-refractivity contribution in [3.63, 3.8) is 0 Å². The number of hydrogen-bond acceptors (Lipinski definition) is 5. The molecule has 3 amide bonds. The first-order valence-electron chi connectivity index (χ1n) is 11.5. The Morgan fingerprint density at radius 1 is 0.944 bits per heavy atom. The minimum atomic E-state index is -0.386. The van der Waals surface area contributed by atoms with Crippen LogP contribution >= 0.6 is 24.0 Å². The number of rotatable bonds is 5. The van der Waals surface area contributed by atoms with Gasteiger partial charge in [-0.1, -0.05) is 90.2 Å². The van der Waals surface area contributed by atoms with Crippen LogP contribution in [0.5, 0.6) is 0 Å². The van der Waals surface area contributed by atoms with Gasteiger partial charge in [0.15, 0.2) is 0 Å². The highest BCUT2D eigenvalue weighted by atomic mass is 32.2. The number of aryl methyl sites for hydroxylation is 1. The van der Waals surface area contributed by atoms with Crippen molar-refractivity contribution in [1.29, 1.82) is 0 Å². The number of carbonyl (C=O) groups is 3. The van der Waals surface area contributed by atoms with Crippen molar-refractivity contribution in [2.45, 2.75) is 19.9 Å². The Labute approximate surface area is 219 Å². The molecule has 0 radical (unpaired) electrons. The van der Waals surface area contributed by atoms with Gasteiger partial charge in [0.1, 0.15) is 10.9 Å². The molecule has 3 aromatic rings. The summed E-state index contributed by atoms with van der Waals surface area (Å²) in [6, 6.07) is 24.0. The van der Waals surface area contributed by atoms with Crippen LogP contribution in [0.4, 0.5) is 11.4 Å². The Bertz CT molecular complexity index is 1420. The van der Waals surface area contributed by atoms with Gasteiger partial charge in [0.2, 0.25) is 5.91 Å². The summed E-state index contributed by atoms with van der Waals surface area (Å²) in [4.78, 5) is 43.3. The molecule has 3 aromatic carbocycles. The van der Waals surface area contributed by atoms with E-state index < -0.39 is 0 Å². The molecule has 5 rings (SSSR count). The lowest BCUT2D eigenvalue weighted by atomic mass is 10.1. The second kappa shape index (κ2) is 9.72. The van der Waals surface area contributed by atoms with Crippen molar-refractivity contribution >= 4 is 63.0 Å². The molecule has 6 nitrogen and oxygen atoms in total. The molecule has 0 aromatic heterocycles. The van der Waals surface area contributed by atoms with Crippen LogP contribution in [0.3, 0.4) is 0 Å². The molecule has 1 N–H and O–H groups in total. The van der Waals surface area contributed by atoms with E-state index in [4.69, 9.17) is 12.2 Å². The summed E-state index contributed by atoms with van der Waals surface area (Å²) < 4.78 is 0.402. The second-order valence-corrected chi connectivity index (χ2v) is 10.3. The number of thiocarbonyl (C=S) groups is 1. The number of carbonyl (C=O) groups excluding carboxylic acids is 3. The van der Waals surface area contributed by atoms with Crippen molar-refractivity contribution < 1.29 is 14.4 Å². The maximum absolute atomic E-state index is 13.6. The zero-order chi connectivity index (χ0) is 25.4. The summed E-state index contributed by atoms with van der Waals surface area (Å²) in [5, 5.41) is 2.84. The molecule has 0 spiro atoms. The molecule has 36 heavy (non-hydrogen) atoms. The number of para-hydroxylation sites is 1. The summed E-state index contributed by atoms with van der Waals surface area (Å²) in [5.41, 5.74) is 4.19. The zero-order valence-corrected chi connectivity index (χ0v) is 21.4. The van der Waals surface area contributed by atoms with Gasteiger partial charge in [0.05, 0.1) is 22.2 Å². The fraction of sp³-hybridized carbons (Fsp3) is 0.143. The van der Waals surface area contributed by atoms with E-state index in [0.29, 0.717) is 26.2 Å². The molecule has 0 aliphatic carbocycles. The Morgan fingerprint density at radius 3 is 2.33 bits per heavy atom. The molecule has 1 saturated heterocycles. The molecule has 8 heteroatoms. The number of fused-ring (bicyclic) bond motifs is 1. The molecule has 180 valence electrons. The summed E-state index contributed by atoms with van der Waals surface area (Å²) in [5.74, 6) is -1.01. The van der Waals surface area contributed by atoms with E-state index in [1.54, 1.807) is 17.0 Å². The number of amides is 3. The fourth-order valence-electron chi connectivity index (χ4n) is 4.38. The molecule has 2 aliphatic heterocycles. The lowest BCUT2D eigenvalue weighted by molar-refractivity contribution is -0.123. The summed E-state index contributed by atoms with van der Waals surface area (Å²) in [6.07, 6.45) is 0. The van der Waals surface area contributed by atoms with E-state index in [0.717, 1.165) is 22.9 Å². The van der Waals surface area contributed by atoms with Gasteiger partial charge in [-0.15, -0.1) is 0 Å². The van der Waals surface area contributed by atoms with Crippen LogP contribution < -0.4 is 10.2 Å². The van der Waals surface area contributed by atoms with Crippen molar-refractivity contribution in [2.24, 2.45) is 0 Å². The van der Waals surface area contributed by atoms with Crippen molar-refractivity contribution in [2.75, 3.05) is 16.8 Å². The minimum Gasteiger partial charge on any atom is -0.325 e. The molecule has 1 unspecified atom stereocenters. The molecule has 0 saturated carbocycles. The predicted octanol–water partition coefficient (Wildman–Crippen LogP) is 5.31. The number of benzene rings is 3. The monoisotopic (exact) mass is 513 g/mol. The number of anilines is 2. The molecular weight excluding hydrogens is 490 g/mol. The Morgan fingerprint density at radius 2 is 1.61 bits per heavy atom. The highest BCUT2D eigenvalue weighted by Gasteiger charge is 2.43. The third-order valence-electron chi connectivity index (χ3n) is 6.26. The zero-order valence-electron chi connectivity index (χ0n) is 19.7. The Balaban J connectivity index is 1.45. The SMILES string of the molecule is Cc1ccc(NC(=O)CN2C(=O)/C(=C3\SC(=S)N(C(C)c4ccccc4)C3=O)c3ccccc32)cc1. The normalized spacial score (nSPS) is 18.0. The number of nitrogens with zero attached hydrogens (tertiary/aromatic N) is 2. The van der Waals surface area contributed by atoms with E-state index >= 15 is 0 Å². The number of thioether (sulfide) groups is 1. The van der Waals surface area contributed by atoms with E-state index in [1.807, 2.05) is 80.6 Å². The molecule has 1 fully saturated rings. The first-order chi connectivity index (χ1) is 17.3. The van der Waals surface area contributed by atoms with Gasteiger partial charge in [0.25, 0.3) is 11.8 Å². The van der Waals surface area contributed by atoms with Crippen LogP contribution in [0.1, 0.15) is 29.7 Å². The summed E-state index contributed by atoms with van der Waals surface area (Å²) >= 11 is 6.70. The first kappa shape index (κ1) is 24.0. The highest BCUT2D eigenvalue weighted by Crippen LogP contribution is 2.46. The predicted molar refractivity (Wildman–Crippen MR) is 147 cm³/mol. The van der Waals surface area contributed by atoms with Gasteiger partial charge < -0.3 is 5.32 Å². The van der Waals surface area contributed by atoms with Gasteiger partial charge in [-0.05, 0) is 37.6 Å².